The van der Waals surface area contributed by atoms with Crippen LogP contribution in [0, 0.1) is 0 Å². The first-order valence-electron chi connectivity index (χ1n) is 3.13. The molecule has 0 spiro atoms. The number of hydrogen-bond acceptors (Lipinski definition) is 3. The van der Waals surface area contributed by atoms with Crippen LogP contribution in [-0.4, -0.2) is 17.6 Å². The van der Waals surface area contributed by atoms with Crippen molar-refractivity contribution in [2.24, 2.45) is 0 Å². The Bertz CT molecular complexity index is 189. The fourth-order valence-electron chi connectivity index (χ4n) is 0.734. The second kappa shape index (κ2) is 1.97. The molecular weight excluding hydrogens is 134 g/mol. The highest BCUT2D eigenvalue weighted by Crippen LogP contribution is 2.19. The molecule has 1 N–H and O–H groups in total. The molecule has 0 aromatic heterocycles. The molecule has 4 nitrogen and oxygen atoms in total. The predicted molar refractivity (Wildman–Crippen MR) is 33.3 cm³/mol. The zero-order valence-corrected chi connectivity index (χ0v) is 5.93. The molecule has 4 heteroatoms. The summed E-state index contributed by atoms with van der Waals surface area (Å²) in [6.07, 6.45) is -0.140. The van der Waals surface area contributed by atoms with Crippen LogP contribution in [0.3, 0.4) is 0 Å². The van der Waals surface area contributed by atoms with Crippen molar-refractivity contribution in [3.05, 3.63) is 0 Å². The van der Waals surface area contributed by atoms with E-state index in [9.17, 15) is 9.59 Å². The van der Waals surface area contributed by atoms with Crippen molar-refractivity contribution in [2.75, 3.05) is 0 Å². The highest BCUT2D eigenvalue weighted by Gasteiger charge is 2.42. The summed E-state index contributed by atoms with van der Waals surface area (Å²) in [6, 6.07) is 0. The normalized spacial score (nSPS) is 31.8. The van der Waals surface area contributed by atoms with E-state index in [1.54, 1.807) is 13.8 Å². The molecule has 0 aromatic rings. The van der Waals surface area contributed by atoms with Crippen molar-refractivity contribution in [3.63, 3.8) is 0 Å². The van der Waals surface area contributed by atoms with Crippen molar-refractivity contribution in [3.8, 4) is 0 Å². The van der Waals surface area contributed by atoms with Gasteiger partial charge in [-0.05, 0) is 13.3 Å². The fraction of sp³-hybridized carbons (Fsp3) is 0.667. The van der Waals surface area contributed by atoms with E-state index in [-0.39, 0.29) is 5.91 Å². The van der Waals surface area contributed by atoms with Crippen LogP contribution in [0.1, 0.15) is 20.3 Å². The molecule has 1 aliphatic heterocycles. The van der Waals surface area contributed by atoms with Gasteiger partial charge in [0.05, 0.1) is 0 Å². The van der Waals surface area contributed by atoms with Gasteiger partial charge in [-0.15, -0.1) is 0 Å². The van der Waals surface area contributed by atoms with Crippen molar-refractivity contribution in [2.45, 2.75) is 25.9 Å². The fourth-order valence-corrected chi connectivity index (χ4v) is 0.734. The lowest BCUT2D eigenvalue weighted by Crippen LogP contribution is -2.34. The number of carbonyl (C=O) groups is 2. The first kappa shape index (κ1) is 7.05. The Morgan fingerprint density at radius 1 is 1.60 bits per heavy atom. The van der Waals surface area contributed by atoms with E-state index < -0.39 is 11.7 Å². The van der Waals surface area contributed by atoms with Crippen LogP contribution in [0.4, 0.5) is 4.79 Å². The molecule has 2 amide bonds. The Hall–Kier alpha value is -1.06. The first-order chi connectivity index (χ1) is 4.58. The van der Waals surface area contributed by atoms with Gasteiger partial charge in [0.1, 0.15) is 0 Å². The highest BCUT2D eigenvalue weighted by atomic mass is 16.6. The minimum Gasteiger partial charge on any atom is -0.433 e. The van der Waals surface area contributed by atoms with E-state index in [1.165, 1.54) is 0 Å². The summed E-state index contributed by atoms with van der Waals surface area (Å²) in [5, 5.41) is 2.06. The largest absolute Gasteiger partial charge is 0.433 e. The number of nitrogens with one attached hydrogen (secondary N) is 1. The molecule has 1 atom stereocenters. The summed E-state index contributed by atoms with van der Waals surface area (Å²) in [7, 11) is 0. The number of amides is 2. The third-order valence-electron chi connectivity index (χ3n) is 1.69. The maximum Gasteiger partial charge on any atom is 0.415 e. The standard InChI is InChI=1S/C6H9NO3/c1-3-6(2)4(8)7-5(9)10-6/h3H2,1-2H3,(H,7,8,9)/t6-/m0/s1. The van der Waals surface area contributed by atoms with Gasteiger partial charge in [0.15, 0.2) is 5.60 Å². The third-order valence-corrected chi connectivity index (χ3v) is 1.69. The number of cyclic esters (lactones) is 1. The zero-order valence-electron chi connectivity index (χ0n) is 5.93. The van der Waals surface area contributed by atoms with Gasteiger partial charge < -0.3 is 4.74 Å². The number of hydrogen-bond donors (Lipinski definition) is 1. The molecule has 1 rings (SSSR count). The van der Waals surface area contributed by atoms with E-state index in [1.807, 2.05) is 0 Å². The van der Waals surface area contributed by atoms with Crippen LogP contribution in [0.25, 0.3) is 0 Å². The Labute approximate surface area is 58.5 Å². The lowest BCUT2D eigenvalue weighted by Gasteiger charge is -2.15. The molecule has 0 radical (unpaired) electrons. The van der Waals surface area contributed by atoms with Crippen molar-refractivity contribution in [1.29, 1.82) is 0 Å². The maximum atomic E-state index is 10.9. The molecule has 1 aliphatic rings. The number of ether oxygens (including phenoxy) is 1. The van der Waals surface area contributed by atoms with E-state index in [2.05, 4.69) is 5.32 Å². The number of alkyl carbamates (subject to hydrolysis) is 1. The molecular formula is C6H9NO3. The summed E-state index contributed by atoms with van der Waals surface area (Å²) in [5.41, 5.74) is -0.933. The molecule has 0 bridgehead atoms. The molecule has 0 aromatic carbocycles. The average molecular weight is 143 g/mol. The SMILES string of the molecule is CC[C@]1(C)OC(=O)NC1=O. The lowest BCUT2D eigenvalue weighted by atomic mass is 10.0. The van der Waals surface area contributed by atoms with Crippen molar-refractivity contribution in [1.82, 2.24) is 5.32 Å². The number of rotatable bonds is 1. The average Bonchev–Trinajstić information content (AvgIpc) is 2.09. The molecule has 1 heterocycles. The summed E-state index contributed by atoms with van der Waals surface area (Å²) in [6.45, 7) is 3.38. The minimum absolute atomic E-state index is 0.347. The van der Waals surface area contributed by atoms with Crippen LogP contribution < -0.4 is 5.32 Å². The van der Waals surface area contributed by atoms with Gasteiger partial charge >= 0.3 is 6.09 Å². The third kappa shape index (κ3) is 0.853. The quantitative estimate of drug-likeness (QED) is 0.578. The number of carbonyl (C=O) groups excluding carboxylic acids is 2. The zero-order chi connectivity index (χ0) is 7.78. The van der Waals surface area contributed by atoms with Crippen LogP contribution in [-0.2, 0) is 9.53 Å². The lowest BCUT2D eigenvalue weighted by molar-refractivity contribution is -0.130. The highest BCUT2D eigenvalue weighted by molar-refractivity contribution is 6.02. The minimum atomic E-state index is -0.933. The molecule has 0 saturated carbocycles. The number of imide groups is 1. The van der Waals surface area contributed by atoms with Crippen LogP contribution in [0.15, 0.2) is 0 Å². The maximum absolute atomic E-state index is 10.9. The molecule has 1 saturated heterocycles. The Balaban J connectivity index is 2.80. The molecule has 1 fully saturated rings. The van der Waals surface area contributed by atoms with Gasteiger partial charge in [0.25, 0.3) is 5.91 Å². The summed E-state index contributed by atoms with van der Waals surface area (Å²) in [4.78, 5) is 21.4. The predicted octanol–water partition coefficient (Wildman–Crippen LogP) is 0.422. The van der Waals surface area contributed by atoms with E-state index in [0.29, 0.717) is 6.42 Å². The van der Waals surface area contributed by atoms with Crippen LogP contribution in [0.2, 0.25) is 0 Å². The molecule has 0 aliphatic carbocycles. The summed E-state index contributed by atoms with van der Waals surface area (Å²) in [5.74, 6) is -0.347. The Kier molecular flexibility index (Phi) is 1.39. The molecule has 56 valence electrons. The van der Waals surface area contributed by atoms with Gasteiger partial charge in [0, 0.05) is 0 Å². The molecule has 10 heavy (non-hydrogen) atoms. The van der Waals surface area contributed by atoms with Crippen molar-refractivity contribution < 1.29 is 14.3 Å². The molecule has 0 unspecified atom stereocenters. The van der Waals surface area contributed by atoms with E-state index in [0.717, 1.165) is 0 Å². The summed E-state index contributed by atoms with van der Waals surface area (Å²) >= 11 is 0. The Morgan fingerprint density at radius 3 is 2.40 bits per heavy atom. The Morgan fingerprint density at radius 2 is 2.20 bits per heavy atom. The van der Waals surface area contributed by atoms with Gasteiger partial charge in [-0.2, -0.15) is 0 Å². The van der Waals surface area contributed by atoms with E-state index in [4.69, 9.17) is 4.74 Å². The first-order valence-corrected chi connectivity index (χ1v) is 3.13. The summed E-state index contributed by atoms with van der Waals surface area (Å²) < 4.78 is 4.71. The van der Waals surface area contributed by atoms with Gasteiger partial charge in [-0.25, -0.2) is 4.79 Å². The van der Waals surface area contributed by atoms with Crippen LogP contribution in [0.5, 0.6) is 0 Å². The van der Waals surface area contributed by atoms with Gasteiger partial charge in [0.2, 0.25) is 0 Å². The second-order valence-corrected chi connectivity index (χ2v) is 2.43. The van der Waals surface area contributed by atoms with Crippen LogP contribution >= 0.6 is 0 Å². The topological polar surface area (TPSA) is 55.4 Å². The second-order valence-electron chi connectivity index (χ2n) is 2.43. The van der Waals surface area contributed by atoms with Crippen molar-refractivity contribution >= 4 is 12.0 Å². The monoisotopic (exact) mass is 143 g/mol. The smallest absolute Gasteiger partial charge is 0.415 e. The van der Waals surface area contributed by atoms with Gasteiger partial charge in [-0.1, -0.05) is 6.92 Å². The van der Waals surface area contributed by atoms with Gasteiger partial charge in [-0.3, -0.25) is 10.1 Å². The van der Waals surface area contributed by atoms with E-state index >= 15 is 0 Å².